The number of carboxylic acid groups (broad SMARTS) is 1. The predicted octanol–water partition coefficient (Wildman–Crippen LogP) is 5.53. The van der Waals surface area contributed by atoms with Gasteiger partial charge in [-0.3, -0.25) is 4.79 Å². The number of hydrogen-bond acceptors (Lipinski definition) is 11. The van der Waals surface area contributed by atoms with Crippen LogP contribution in [-0.2, 0) is 0 Å². The van der Waals surface area contributed by atoms with E-state index in [-0.39, 0.29) is 11.5 Å². The standard InChI is InChI=1S/C17H19BrN4O2.C9H14N4.C8H7BrO3/c1-24-15-10-12(2-3-13(15)18)17(23)22-8-6-11(7-9-22)14-4-5-16(19)21-20-14;10-9-2-1-8(12-13-9)7-3-5-11-6-4-7;1-12-7-4-5(8(10)11)2-3-6(7)9/h2-5,10-11H,6-9H2,1H3,(H2,19,21);1-2,7,11H,3-6H2,(H2,10,13);2-4H,1H3,(H,10,11). The molecule has 4 heterocycles. The highest BCUT2D eigenvalue weighted by Crippen LogP contribution is 2.30. The number of nitrogen functional groups attached to an aromatic ring is 2. The number of anilines is 2. The van der Waals surface area contributed by atoms with E-state index in [2.05, 4.69) is 57.6 Å². The zero-order valence-electron chi connectivity index (χ0n) is 27.3. The molecule has 0 spiro atoms. The van der Waals surface area contributed by atoms with E-state index >= 15 is 0 Å². The number of likely N-dealkylation sites (tertiary alicyclic amines) is 1. The minimum atomic E-state index is -0.958. The van der Waals surface area contributed by atoms with Crippen molar-refractivity contribution in [1.29, 1.82) is 0 Å². The van der Waals surface area contributed by atoms with E-state index in [0.717, 1.165) is 59.1 Å². The molecule has 13 nitrogen and oxygen atoms in total. The van der Waals surface area contributed by atoms with Gasteiger partial charge >= 0.3 is 5.97 Å². The van der Waals surface area contributed by atoms with E-state index in [9.17, 15) is 9.59 Å². The van der Waals surface area contributed by atoms with Crippen LogP contribution in [0.5, 0.6) is 11.5 Å². The smallest absolute Gasteiger partial charge is 0.335 e. The van der Waals surface area contributed by atoms with Gasteiger partial charge in [0.05, 0.1) is 40.1 Å². The normalized spacial score (nSPS) is 14.8. The van der Waals surface area contributed by atoms with E-state index in [1.807, 2.05) is 35.2 Å². The number of aromatic nitrogens is 4. The third-order valence-corrected chi connectivity index (χ3v) is 9.48. The molecule has 0 saturated carbocycles. The molecule has 260 valence electrons. The lowest BCUT2D eigenvalue weighted by atomic mass is 9.93. The van der Waals surface area contributed by atoms with Gasteiger partial charge in [-0.2, -0.15) is 10.2 Å². The zero-order chi connectivity index (χ0) is 35.3. The van der Waals surface area contributed by atoms with Crippen LogP contribution in [0.25, 0.3) is 0 Å². The summed E-state index contributed by atoms with van der Waals surface area (Å²) in [5, 5.41) is 28.0. The second-order valence-corrected chi connectivity index (χ2v) is 13.1. The molecule has 2 aromatic heterocycles. The molecule has 0 radical (unpaired) electrons. The van der Waals surface area contributed by atoms with Crippen LogP contribution in [0.4, 0.5) is 11.6 Å². The Morgan fingerprint density at radius 3 is 1.65 bits per heavy atom. The summed E-state index contributed by atoms with van der Waals surface area (Å²) < 4.78 is 11.8. The largest absolute Gasteiger partial charge is 0.496 e. The van der Waals surface area contributed by atoms with Gasteiger partial charge in [0.2, 0.25) is 0 Å². The first-order chi connectivity index (χ1) is 23.6. The lowest BCUT2D eigenvalue weighted by Crippen LogP contribution is -2.38. The van der Waals surface area contributed by atoms with Crippen molar-refractivity contribution in [3.05, 3.63) is 92.1 Å². The second kappa shape index (κ2) is 18.4. The first kappa shape index (κ1) is 37.5. The number of methoxy groups -OCH3 is 2. The molecular weight excluding hydrogens is 760 g/mol. The molecule has 0 atom stereocenters. The van der Waals surface area contributed by atoms with Crippen LogP contribution < -0.4 is 26.3 Å². The summed E-state index contributed by atoms with van der Waals surface area (Å²) in [5.74, 6) is 2.07. The number of benzene rings is 2. The van der Waals surface area contributed by atoms with Gasteiger partial charge in [-0.15, -0.1) is 10.2 Å². The fraction of sp³-hybridized carbons (Fsp3) is 0.353. The minimum Gasteiger partial charge on any atom is -0.496 e. The highest BCUT2D eigenvalue weighted by molar-refractivity contribution is 9.10. The van der Waals surface area contributed by atoms with Crippen molar-refractivity contribution in [2.45, 2.75) is 37.5 Å². The van der Waals surface area contributed by atoms with Gasteiger partial charge in [-0.25, -0.2) is 4.79 Å². The van der Waals surface area contributed by atoms with Crippen LogP contribution in [0.2, 0.25) is 0 Å². The highest BCUT2D eigenvalue weighted by Gasteiger charge is 2.26. The topological polar surface area (TPSA) is 192 Å². The minimum absolute atomic E-state index is 0.0302. The van der Waals surface area contributed by atoms with Gasteiger partial charge in [-0.1, -0.05) is 0 Å². The Labute approximate surface area is 302 Å². The fourth-order valence-electron chi connectivity index (χ4n) is 5.41. The van der Waals surface area contributed by atoms with Gasteiger partial charge in [0.1, 0.15) is 23.1 Å². The number of nitrogens with two attached hydrogens (primary N) is 2. The predicted molar refractivity (Wildman–Crippen MR) is 194 cm³/mol. The van der Waals surface area contributed by atoms with E-state index in [0.29, 0.717) is 53.6 Å². The summed E-state index contributed by atoms with van der Waals surface area (Å²) in [7, 11) is 3.08. The van der Waals surface area contributed by atoms with Gasteiger partial charge in [0, 0.05) is 30.5 Å². The number of hydrogen-bond donors (Lipinski definition) is 4. The summed E-state index contributed by atoms with van der Waals surface area (Å²) >= 11 is 6.62. The number of nitrogens with zero attached hydrogens (tertiary/aromatic N) is 5. The third kappa shape index (κ3) is 10.8. The Balaban J connectivity index is 0.000000182. The summed E-state index contributed by atoms with van der Waals surface area (Å²) in [6.45, 7) is 3.56. The van der Waals surface area contributed by atoms with Crippen molar-refractivity contribution >= 4 is 55.4 Å². The van der Waals surface area contributed by atoms with Crippen molar-refractivity contribution < 1.29 is 24.2 Å². The average Bonchev–Trinajstić information content (AvgIpc) is 3.13. The van der Waals surface area contributed by atoms with Gasteiger partial charge < -0.3 is 36.3 Å². The van der Waals surface area contributed by atoms with E-state index in [1.165, 1.54) is 19.2 Å². The molecule has 2 aliphatic heterocycles. The molecule has 49 heavy (non-hydrogen) atoms. The molecule has 1 amide bonds. The maximum absolute atomic E-state index is 12.7. The number of piperidine rings is 2. The number of aromatic carboxylic acids is 1. The Kier molecular flexibility index (Phi) is 14.1. The van der Waals surface area contributed by atoms with E-state index in [4.69, 9.17) is 26.0 Å². The molecule has 15 heteroatoms. The van der Waals surface area contributed by atoms with E-state index < -0.39 is 5.97 Å². The molecule has 2 saturated heterocycles. The van der Waals surface area contributed by atoms with Crippen molar-refractivity contribution in [3.8, 4) is 11.5 Å². The number of amides is 1. The number of nitrogens with one attached hydrogen (secondary N) is 1. The molecule has 2 fully saturated rings. The Bertz CT molecular complexity index is 1680. The quantitative estimate of drug-likeness (QED) is 0.191. The first-order valence-corrected chi connectivity index (χ1v) is 17.3. The molecule has 6 N–H and O–H groups in total. The van der Waals surface area contributed by atoms with Gasteiger partial charge in [-0.05, 0) is 131 Å². The van der Waals surface area contributed by atoms with Crippen molar-refractivity contribution in [2.75, 3.05) is 51.9 Å². The summed E-state index contributed by atoms with van der Waals surface area (Å²) in [4.78, 5) is 25.1. The Hall–Kier alpha value is -4.34. The number of halogens is 2. The lowest BCUT2D eigenvalue weighted by molar-refractivity contribution is 0.0692. The average molecular weight is 801 g/mol. The molecule has 4 aromatic rings. The number of carbonyl (C=O) groups excluding carboxylic acids is 1. The highest BCUT2D eigenvalue weighted by atomic mass is 79.9. The molecule has 2 aromatic carbocycles. The summed E-state index contributed by atoms with van der Waals surface area (Å²) in [5.41, 5.74) is 13.9. The van der Waals surface area contributed by atoms with Crippen LogP contribution in [0.1, 0.15) is 69.6 Å². The monoisotopic (exact) mass is 798 g/mol. The molecule has 2 aliphatic rings. The Morgan fingerprint density at radius 2 is 1.20 bits per heavy atom. The van der Waals surface area contributed by atoms with Crippen LogP contribution in [0.3, 0.4) is 0 Å². The van der Waals surface area contributed by atoms with Crippen molar-refractivity contribution in [1.82, 2.24) is 30.6 Å². The van der Waals surface area contributed by atoms with Crippen LogP contribution >= 0.6 is 31.9 Å². The second-order valence-electron chi connectivity index (χ2n) is 11.4. The molecule has 0 unspecified atom stereocenters. The number of ether oxygens (including phenoxy) is 2. The number of rotatable bonds is 6. The van der Waals surface area contributed by atoms with Crippen LogP contribution in [0.15, 0.2) is 69.6 Å². The van der Waals surface area contributed by atoms with Crippen molar-refractivity contribution in [3.63, 3.8) is 0 Å². The lowest BCUT2D eigenvalue weighted by Gasteiger charge is -2.31. The maximum Gasteiger partial charge on any atom is 0.335 e. The third-order valence-electron chi connectivity index (χ3n) is 8.17. The van der Waals surface area contributed by atoms with Crippen molar-refractivity contribution in [2.24, 2.45) is 0 Å². The Morgan fingerprint density at radius 1 is 0.735 bits per heavy atom. The summed E-state index contributed by atoms with van der Waals surface area (Å²) in [6, 6.07) is 17.5. The van der Waals surface area contributed by atoms with Crippen LogP contribution in [-0.4, -0.2) is 82.7 Å². The number of carboxylic acids is 1. The van der Waals surface area contributed by atoms with Gasteiger partial charge in [0.15, 0.2) is 0 Å². The summed E-state index contributed by atoms with van der Waals surface area (Å²) in [6.07, 6.45) is 4.05. The SMILES string of the molecule is COc1cc(C(=O)N2CCC(c3ccc(N)nn3)CC2)ccc1Br.COc1cc(C(=O)O)ccc1Br.Nc1ccc(C2CCNCC2)nn1. The first-order valence-electron chi connectivity index (χ1n) is 15.7. The fourth-order valence-corrected chi connectivity index (χ4v) is 6.22. The van der Waals surface area contributed by atoms with E-state index in [1.54, 1.807) is 25.3 Å². The zero-order valence-corrected chi connectivity index (χ0v) is 30.5. The molecule has 6 rings (SSSR count). The number of carbonyl (C=O) groups is 2. The molecular formula is C34H40Br2N8O5. The molecule has 0 aliphatic carbocycles. The van der Waals surface area contributed by atoms with Crippen LogP contribution in [0, 0.1) is 0 Å². The molecule has 0 bridgehead atoms. The maximum atomic E-state index is 12.7. The van der Waals surface area contributed by atoms with Gasteiger partial charge in [0.25, 0.3) is 5.91 Å².